The van der Waals surface area contributed by atoms with Crippen LogP contribution < -0.4 is 15.4 Å². The van der Waals surface area contributed by atoms with Gasteiger partial charge < -0.3 is 20.5 Å². The maximum atomic E-state index is 11.8. The molecule has 2 unspecified atom stereocenters. The molecule has 110 valence electrons. The second-order valence-corrected chi connectivity index (χ2v) is 5.21. The number of aliphatic carboxylic acids is 1. The fraction of sp³-hybridized carbons (Fsp3) is 0.385. The zero-order valence-electron chi connectivity index (χ0n) is 11.4. The standard InChI is InChI=1S/C13H17BrN2O4/c1-7(12(17)18)8(2)15-13(19)16-11-6-9(20-3)4-5-10(11)14/h4-8H,1-3H3,(H,17,18)(H2,15,16,19). The van der Waals surface area contributed by atoms with Gasteiger partial charge in [0.2, 0.25) is 0 Å². The van der Waals surface area contributed by atoms with Crippen molar-refractivity contribution < 1.29 is 19.4 Å². The quantitative estimate of drug-likeness (QED) is 0.766. The molecular formula is C13H17BrN2O4. The average Bonchev–Trinajstić information content (AvgIpc) is 2.40. The Morgan fingerprint density at radius 1 is 1.35 bits per heavy atom. The summed E-state index contributed by atoms with van der Waals surface area (Å²) in [6, 6.07) is 4.20. The van der Waals surface area contributed by atoms with Crippen molar-refractivity contribution in [1.29, 1.82) is 0 Å². The third kappa shape index (κ3) is 4.41. The summed E-state index contributed by atoms with van der Waals surface area (Å²) in [4.78, 5) is 22.6. The van der Waals surface area contributed by atoms with Crippen molar-refractivity contribution >= 4 is 33.6 Å². The summed E-state index contributed by atoms with van der Waals surface area (Å²) in [5.74, 6) is -1.02. The molecule has 6 nitrogen and oxygen atoms in total. The van der Waals surface area contributed by atoms with Crippen LogP contribution in [0, 0.1) is 5.92 Å². The number of hydrogen-bond donors (Lipinski definition) is 3. The smallest absolute Gasteiger partial charge is 0.319 e. The first kappa shape index (κ1) is 16.3. The van der Waals surface area contributed by atoms with E-state index in [0.29, 0.717) is 15.9 Å². The number of carboxylic acid groups (broad SMARTS) is 1. The minimum atomic E-state index is -0.958. The fourth-order valence-corrected chi connectivity index (χ4v) is 1.78. The first-order valence-corrected chi connectivity index (χ1v) is 6.78. The summed E-state index contributed by atoms with van der Waals surface area (Å²) in [5, 5.41) is 14.1. The zero-order valence-corrected chi connectivity index (χ0v) is 13.0. The third-order valence-electron chi connectivity index (χ3n) is 2.92. The Hall–Kier alpha value is -1.76. The molecule has 0 saturated heterocycles. The Kier molecular flexibility index (Phi) is 5.82. The van der Waals surface area contributed by atoms with Gasteiger partial charge in [0.25, 0.3) is 0 Å². The molecule has 2 atom stereocenters. The minimum Gasteiger partial charge on any atom is -0.497 e. The molecule has 2 amide bonds. The topological polar surface area (TPSA) is 87.7 Å². The van der Waals surface area contributed by atoms with E-state index in [9.17, 15) is 9.59 Å². The molecule has 20 heavy (non-hydrogen) atoms. The van der Waals surface area contributed by atoms with Crippen molar-refractivity contribution in [2.24, 2.45) is 5.92 Å². The number of ether oxygens (including phenoxy) is 1. The van der Waals surface area contributed by atoms with Gasteiger partial charge in [0.05, 0.1) is 18.7 Å². The summed E-state index contributed by atoms with van der Waals surface area (Å²) in [7, 11) is 1.53. The predicted octanol–water partition coefficient (Wildman–Crippen LogP) is 2.69. The minimum absolute atomic E-state index is 0.473. The summed E-state index contributed by atoms with van der Waals surface area (Å²) < 4.78 is 5.77. The molecule has 0 radical (unpaired) electrons. The van der Waals surface area contributed by atoms with Gasteiger partial charge in [-0.15, -0.1) is 0 Å². The number of nitrogens with one attached hydrogen (secondary N) is 2. The Bertz CT molecular complexity index is 507. The van der Waals surface area contributed by atoms with Gasteiger partial charge in [0.1, 0.15) is 5.75 Å². The molecule has 0 aromatic heterocycles. The highest BCUT2D eigenvalue weighted by atomic mass is 79.9. The number of hydrogen-bond acceptors (Lipinski definition) is 3. The van der Waals surface area contributed by atoms with Gasteiger partial charge in [-0.1, -0.05) is 0 Å². The molecule has 0 aliphatic carbocycles. The predicted molar refractivity (Wildman–Crippen MR) is 79.1 cm³/mol. The number of methoxy groups -OCH3 is 1. The van der Waals surface area contributed by atoms with E-state index in [-0.39, 0.29) is 0 Å². The molecular weight excluding hydrogens is 328 g/mol. The van der Waals surface area contributed by atoms with Crippen LogP contribution in [0.1, 0.15) is 13.8 Å². The van der Waals surface area contributed by atoms with Gasteiger partial charge in [0.15, 0.2) is 0 Å². The van der Waals surface area contributed by atoms with Crippen LogP contribution in [0.2, 0.25) is 0 Å². The summed E-state index contributed by atoms with van der Waals surface area (Å²) >= 11 is 3.31. The van der Waals surface area contributed by atoms with Crippen LogP contribution in [-0.4, -0.2) is 30.3 Å². The van der Waals surface area contributed by atoms with Gasteiger partial charge in [-0.05, 0) is 41.9 Å². The van der Waals surface area contributed by atoms with Crippen LogP contribution in [0.25, 0.3) is 0 Å². The Morgan fingerprint density at radius 3 is 2.55 bits per heavy atom. The lowest BCUT2D eigenvalue weighted by molar-refractivity contribution is -0.141. The molecule has 0 aliphatic heterocycles. The number of anilines is 1. The van der Waals surface area contributed by atoms with Crippen LogP contribution in [0.15, 0.2) is 22.7 Å². The van der Waals surface area contributed by atoms with Crippen LogP contribution in [-0.2, 0) is 4.79 Å². The van der Waals surface area contributed by atoms with Gasteiger partial charge in [0, 0.05) is 16.6 Å². The number of carbonyl (C=O) groups is 2. The van der Waals surface area contributed by atoms with Crippen molar-refractivity contribution in [3.63, 3.8) is 0 Å². The number of urea groups is 1. The molecule has 1 rings (SSSR count). The van der Waals surface area contributed by atoms with E-state index in [1.807, 2.05) is 0 Å². The fourth-order valence-electron chi connectivity index (χ4n) is 1.43. The summed E-state index contributed by atoms with van der Waals surface area (Å²) in [6.45, 7) is 3.17. The van der Waals surface area contributed by atoms with Gasteiger partial charge >= 0.3 is 12.0 Å². The normalized spacial score (nSPS) is 13.2. The van der Waals surface area contributed by atoms with E-state index in [1.165, 1.54) is 14.0 Å². The van der Waals surface area contributed by atoms with Crippen molar-refractivity contribution in [2.75, 3.05) is 12.4 Å². The molecule has 3 N–H and O–H groups in total. The number of amides is 2. The number of carboxylic acids is 1. The zero-order chi connectivity index (χ0) is 15.3. The molecule has 7 heteroatoms. The van der Waals surface area contributed by atoms with Gasteiger partial charge in [-0.2, -0.15) is 0 Å². The van der Waals surface area contributed by atoms with Crippen molar-refractivity contribution in [1.82, 2.24) is 5.32 Å². The molecule has 0 aliphatic rings. The van der Waals surface area contributed by atoms with E-state index in [1.54, 1.807) is 25.1 Å². The van der Waals surface area contributed by atoms with Gasteiger partial charge in [-0.25, -0.2) is 4.79 Å². The lowest BCUT2D eigenvalue weighted by Crippen LogP contribution is -2.42. The highest BCUT2D eigenvalue weighted by Crippen LogP contribution is 2.27. The van der Waals surface area contributed by atoms with E-state index < -0.39 is 24.0 Å². The van der Waals surface area contributed by atoms with Crippen LogP contribution in [0.4, 0.5) is 10.5 Å². The van der Waals surface area contributed by atoms with Crippen molar-refractivity contribution in [2.45, 2.75) is 19.9 Å². The number of carbonyl (C=O) groups excluding carboxylic acids is 1. The molecule has 0 fully saturated rings. The number of benzene rings is 1. The van der Waals surface area contributed by atoms with Crippen molar-refractivity contribution in [3.05, 3.63) is 22.7 Å². The Labute approximate surface area is 125 Å². The van der Waals surface area contributed by atoms with Gasteiger partial charge in [-0.3, -0.25) is 4.79 Å². The van der Waals surface area contributed by atoms with Crippen LogP contribution in [0.3, 0.4) is 0 Å². The van der Waals surface area contributed by atoms with E-state index in [2.05, 4.69) is 26.6 Å². The highest BCUT2D eigenvalue weighted by molar-refractivity contribution is 9.10. The molecule has 1 aromatic rings. The second-order valence-electron chi connectivity index (χ2n) is 4.36. The third-order valence-corrected chi connectivity index (χ3v) is 3.61. The molecule has 0 bridgehead atoms. The van der Waals surface area contributed by atoms with E-state index in [4.69, 9.17) is 9.84 Å². The lowest BCUT2D eigenvalue weighted by Gasteiger charge is -2.18. The Balaban J connectivity index is 2.69. The number of halogens is 1. The molecule has 0 spiro atoms. The van der Waals surface area contributed by atoms with Crippen LogP contribution >= 0.6 is 15.9 Å². The maximum absolute atomic E-state index is 11.8. The molecule has 0 saturated carbocycles. The van der Waals surface area contributed by atoms with E-state index >= 15 is 0 Å². The maximum Gasteiger partial charge on any atom is 0.319 e. The molecule has 0 heterocycles. The van der Waals surface area contributed by atoms with Crippen molar-refractivity contribution in [3.8, 4) is 5.75 Å². The monoisotopic (exact) mass is 344 g/mol. The number of rotatable bonds is 5. The Morgan fingerprint density at radius 2 is 2.00 bits per heavy atom. The molecule has 1 aromatic carbocycles. The first-order chi connectivity index (χ1) is 9.35. The lowest BCUT2D eigenvalue weighted by atomic mass is 10.0. The summed E-state index contributed by atoms with van der Waals surface area (Å²) in [6.07, 6.45) is 0. The largest absolute Gasteiger partial charge is 0.497 e. The first-order valence-electron chi connectivity index (χ1n) is 5.99. The highest BCUT2D eigenvalue weighted by Gasteiger charge is 2.21. The van der Waals surface area contributed by atoms with E-state index in [0.717, 1.165) is 0 Å². The second kappa shape index (κ2) is 7.14. The van der Waals surface area contributed by atoms with Crippen LogP contribution in [0.5, 0.6) is 5.75 Å². The summed E-state index contributed by atoms with van der Waals surface area (Å²) in [5.41, 5.74) is 0.539. The average molecular weight is 345 g/mol. The SMILES string of the molecule is COc1ccc(Br)c(NC(=O)NC(C)C(C)C(=O)O)c1.